The van der Waals surface area contributed by atoms with Crippen molar-refractivity contribution in [3.8, 4) is 0 Å². The van der Waals surface area contributed by atoms with Gasteiger partial charge in [-0.2, -0.15) is 0 Å². The summed E-state index contributed by atoms with van der Waals surface area (Å²) in [6.07, 6.45) is 2.13. The van der Waals surface area contributed by atoms with E-state index in [-0.39, 0.29) is 12.3 Å². The molecule has 80 valence electrons. The zero-order chi connectivity index (χ0) is 11.3. The van der Waals surface area contributed by atoms with Gasteiger partial charge < -0.3 is 14.8 Å². The monoisotopic (exact) mass is 210 g/mol. The molecule has 0 aliphatic carbocycles. The fourth-order valence-corrected chi connectivity index (χ4v) is 0.879. The van der Waals surface area contributed by atoms with E-state index in [1.165, 1.54) is 18.3 Å². The molecule has 0 aliphatic heterocycles. The second kappa shape index (κ2) is 4.85. The molecule has 0 spiro atoms. The van der Waals surface area contributed by atoms with Crippen LogP contribution in [0.15, 0.2) is 24.9 Å². The van der Waals surface area contributed by atoms with Gasteiger partial charge >= 0.3 is 12.1 Å². The molecule has 0 radical (unpaired) electrons. The molecule has 15 heavy (non-hydrogen) atoms. The van der Waals surface area contributed by atoms with Crippen LogP contribution in [0.3, 0.4) is 0 Å². The molecule has 6 nitrogen and oxygen atoms in total. The number of carbonyl (C=O) groups excluding carboxylic acids is 1. The Bertz CT molecular complexity index is 383. The summed E-state index contributed by atoms with van der Waals surface area (Å²) < 4.78 is 4.64. The molecule has 0 unspecified atom stereocenters. The number of carboxylic acid groups (broad SMARTS) is 1. The lowest BCUT2D eigenvalue weighted by atomic mass is 10.4. The zero-order valence-electron chi connectivity index (χ0n) is 7.82. The summed E-state index contributed by atoms with van der Waals surface area (Å²) in [5, 5.41) is 10.9. The maximum atomic E-state index is 11.0. The summed E-state index contributed by atoms with van der Waals surface area (Å²) in [6, 6.07) is 1.29. The van der Waals surface area contributed by atoms with Crippen LogP contribution >= 0.6 is 0 Å². The second-order valence-corrected chi connectivity index (χ2v) is 2.62. The fraction of sp³-hybridized carbons (Fsp3) is 0.111. The molecule has 1 rings (SSSR count). The molecular formula is C9H10N2O4. The van der Waals surface area contributed by atoms with E-state index in [2.05, 4.69) is 21.6 Å². The molecule has 6 heteroatoms. The number of aromatic amines is 1. The average Bonchev–Trinajstić information content (AvgIpc) is 2.63. The third-order valence-corrected chi connectivity index (χ3v) is 1.49. The number of hydrogen-bond acceptors (Lipinski definition) is 3. The van der Waals surface area contributed by atoms with Crippen LogP contribution in [0, 0.1) is 0 Å². The van der Waals surface area contributed by atoms with E-state index >= 15 is 0 Å². The minimum absolute atomic E-state index is 0.00554. The molecule has 1 aromatic rings. The molecule has 1 aromatic heterocycles. The number of amides is 1. The van der Waals surface area contributed by atoms with Gasteiger partial charge in [-0.3, -0.25) is 5.32 Å². The van der Waals surface area contributed by atoms with E-state index in [1.807, 2.05) is 0 Å². The molecule has 0 aliphatic rings. The normalized spacial score (nSPS) is 9.33. The highest BCUT2D eigenvalue weighted by molar-refractivity contribution is 5.90. The Hall–Kier alpha value is -2.24. The summed E-state index contributed by atoms with van der Waals surface area (Å²) in [4.78, 5) is 24.0. The second-order valence-electron chi connectivity index (χ2n) is 2.62. The number of nitrogens with one attached hydrogen (secondary N) is 2. The van der Waals surface area contributed by atoms with Crippen LogP contribution in [0.2, 0.25) is 0 Å². The van der Waals surface area contributed by atoms with Crippen LogP contribution in [0.1, 0.15) is 10.5 Å². The smallest absolute Gasteiger partial charge is 0.411 e. The largest absolute Gasteiger partial charge is 0.477 e. The Morgan fingerprint density at radius 3 is 2.93 bits per heavy atom. The molecule has 0 saturated heterocycles. The van der Waals surface area contributed by atoms with E-state index in [4.69, 9.17) is 5.11 Å². The number of hydrogen-bond donors (Lipinski definition) is 3. The summed E-state index contributed by atoms with van der Waals surface area (Å²) >= 11 is 0. The number of carbonyl (C=O) groups is 2. The van der Waals surface area contributed by atoms with Crippen molar-refractivity contribution in [3.05, 3.63) is 30.6 Å². The van der Waals surface area contributed by atoms with Gasteiger partial charge in [0.15, 0.2) is 0 Å². The van der Waals surface area contributed by atoms with E-state index in [0.717, 1.165) is 0 Å². The number of ether oxygens (including phenoxy) is 1. The van der Waals surface area contributed by atoms with Gasteiger partial charge in [0, 0.05) is 6.20 Å². The van der Waals surface area contributed by atoms with Crippen LogP contribution in [-0.2, 0) is 4.74 Å². The van der Waals surface area contributed by atoms with Crippen LogP contribution in [-0.4, -0.2) is 28.8 Å². The predicted octanol–water partition coefficient (Wildman–Crippen LogP) is 1.45. The van der Waals surface area contributed by atoms with E-state index in [1.54, 1.807) is 0 Å². The van der Waals surface area contributed by atoms with Gasteiger partial charge in [0.05, 0.1) is 5.69 Å². The summed E-state index contributed by atoms with van der Waals surface area (Å²) in [5.41, 5.74) is 0.329. The lowest BCUT2D eigenvalue weighted by molar-refractivity contribution is 0.0691. The summed E-state index contributed by atoms with van der Waals surface area (Å²) in [6.45, 7) is 3.48. The highest BCUT2D eigenvalue weighted by atomic mass is 16.5. The number of H-pyrrole nitrogens is 1. The molecule has 0 bridgehead atoms. The van der Waals surface area contributed by atoms with Gasteiger partial charge in [-0.1, -0.05) is 12.7 Å². The first kappa shape index (κ1) is 10.8. The summed E-state index contributed by atoms with van der Waals surface area (Å²) in [7, 11) is 0. The first-order valence-electron chi connectivity index (χ1n) is 4.10. The Balaban J connectivity index is 2.53. The van der Waals surface area contributed by atoms with Crippen molar-refractivity contribution in [2.45, 2.75) is 0 Å². The number of aromatic carboxylic acids is 1. The fourth-order valence-electron chi connectivity index (χ4n) is 0.879. The Labute approximate surface area is 85.6 Å². The standard InChI is InChI=1S/C9H10N2O4/c1-2-3-15-9(14)11-6-4-7(8(12)13)10-5-6/h2,4-5,10H,1,3H2,(H,11,14)(H,12,13). The molecule has 3 N–H and O–H groups in total. The van der Waals surface area contributed by atoms with Crippen LogP contribution < -0.4 is 5.32 Å². The molecule has 1 heterocycles. The van der Waals surface area contributed by atoms with Crippen molar-refractivity contribution in [1.29, 1.82) is 0 Å². The molecule has 0 fully saturated rings. The van der Waals surface area contributed by atoms with Crippen molar-refractivity contribution >= 4 is 17.7 Å². The quantitative estimate of drug-likeness (QED) is 0.656. The van der Waals surface area contributed by atoms with Crippen LogP contribution in [0.25, 0.3) is 0 Å². The number of anilines is 1. The Morgan fingerprint density at radius 1 is 1.67 bits per heavy atom. The molecule has 0 saturated carbocycles. The maximum absolute atomic E-state index is 11.0. The third-order valence-electron chi connectivity index (χ3n) is 1.49. The topological polar surface area (TPSA) is 91.4 Å². The van der Waals surface area contributed by atoms with Crippen LogP contribution in [0.4, 0.5) is 10.5 Å². The molecule has 1 amide bonds. The van der Waals surface area contributed by atoms with Gasteiger partial charge in [-0.15, -0.1) is 0 Å². The van der Waals surface area contributed by atoms with Gasteiger partial charge in [-0.05, 0) is 6.07 Å². The van der Waals surface area contributed by atoms with Crippen molar-refractivity contribution in [2.75, 3.05) is 11.9 Å². The highest BCUT2D eigenvalue weighted by Crippen LogP contribution is 2.09. The molecular weight excluding hydrogens is 200 g/mol. The van der Waals surface area contributed by atoms with Crippen molar-refractivity contribution in [1.82, 2.24) is 4.98 Å². The van der Waals surface area contributed by atoms with Gasteiger partial charge in [0.2, 0.25) is 0 Å². The summed E-state index contributed by atoms with van der Waals surface area (Å²) in [5.74, 6) is -1.09. The maximum Gasteiger partial charge on any atom is 0.411 e. The van der Waals surface area contributed by atoms with E-state index < -0.39 is 12.1 Å². The van der Waals surface area contributed by atoms with Gasteiger partial charge in [-0.25, -0.2) is 9.59 Å². The highest BCUT2D eigenvalue weighted by Gasteiger charge is 2.08. The van der Waals surface area contributed by atoms with Crippen LogP contribution in [0.5, 0.6) is 0 Å². The SMILES string of the molecule is C=CCOC(=O)Nc1c[nH]c(C(=O)O)c1. The van der Waals surface area contributed by atoms with Gasteiger partial charge in [0.1, 0.15) is 12.3 Å². The molecule has 0 atom stereocenters. The van der Waals surface area contributed by atoms with E-state index in [9.17, 15) is 9.59 Å². The zero-order valence-corrected chi connectivity index (χ0v) is 7.82. The van der Waals surface area contributed by atoms with E-state index in [0.29, 0.717) is 5.69 Å². The first-order chi connectivity index (χ1) is 7.13. The Kier molecular flexibility index (Phi) is 3.50. The molecule has 0 aromatic carbocycles. The number of carboxylic acids is 1. The minimum atomic E-state index is -1.09. The lowest BCUT2D eigenvalue weighted by Crippen LogP contribution is -2.12. The van der Waals surface area contributed by atoms with Gasteiger partial charge in [0.25, 0.3) is 0 Å². The predicted molar refractivity (Wildman–Crippen MR) is 52.9 cm³/mol. The Morgan fingerprint density at radius 2 is 2.40 bits per heavy atom. The average molecular weight is 210 g/mol. The van der Waals surface area contributed by atoms with Crippen molar-refractivity contribution in [3.63, 3.8) is 0 Å². The number of rotatable bonds is 4. The lowest BCUT2D eigenvalue weighted by Gasteiger charge is -2.01. The van der Waals surface area contributed by atoms with Crippen molar-refractivity contribution < 1.29 is 19.4 Å². The van der Waals surface area contributed by atoms with Crippen molar-refractivity contribution in [2.24, 2.45) is 0 Å². The minimum Gasteiger partial charge on any atom is -0.477 e. The number of aromatic nitrogens is 1. The third kappa shape index (κ3) is 3.18. The first-order valence-corrected chi connectivity index (χ1v) is 4.10.